The van der Waals surface area contributed by atoms with Crippen molar-refractivity contribution in [3.8, 4) is 5.75 Å². The van der Waals surface area contributed by atoms with Crippen molar-refractivity contribution >= 4 is 12.0 Å². The third kappa shape index (κ3) is 2.82. The monoisotopic (exact) mass is 222 g/mol. The summed E-state index contributed by atoms with van der Waals surface area (Å²) in [6.07, 6.45) is 3.18. The summed E-state index contributed by atoms with van der Waals surface area (Å²) in [5.41, 5.74) is 3.12. The number of benzene rings is 1. The van der Waals surface area contributed by atoms with Crippen LogP contribution in [-0.2, 0) is 0 Å². The second kappa shape index (κ2) is 5.89. The lowest BCUT2D eigenvalue weighted by Crippen LogP contribution is -2.30. The van der Waals surface area contributed by atoms with Crippen molar-refractivity contribution < 1.29 is 14.6 Å². The molecule has 4 N–H and O–H groups in total. The first-order chi connectivity index (χ1) is 7.72. The highest BCUT2D eigenvalue weighted by Gasteiger charge is 2.09. The third-order valence-corrected chi connectivity index (χ3v) is 2.04. The summed E-state index contributed by atoms with van der Waals surface area (Å²) in [4.78, 5) is 11.5. The first kappa shape index (κ1) is 12.2. The molecule has 0 bridgehead atoms. The van der Waals surface area contributed by atoms with Gasteiger partial charge in [0, 0.05) is 0 Å². The molecule has 0 spiro atoms. The van der Waals surface area contributed by atoms with E-state index in [1.807, 2.05) is 0 Å². The van der Waals surface area contributed by atoms with Crippen molar-refractivity contribution in [2.45, 2.75) is 0 Å². The smallest absolute Gasteiger partial charge is 0.265 e. The Balaban J connectivity index is 3.16. The second-order valence-electron chi connectivity index (χ2n) is 3.01. The number of carbonyl (C=O) groups excluding carboxylic acids is 1. The van der Waals surface area contributed by atoms with Crippen LogP contribution in [-0.4, -0.2) is 24.7 Å². The standard InChI is InChI=1S/C11H14N2O3/c1-16-9-5-4-8(3-2-6-14)10(7-9)11(15)13-12/h2-5,7,14H,6,12H2,1H3,(H,13,15). The van der Waals surface area contributed by atoms with Gasteiger partial charge in [-0.05, 0) is 17.7 Å². The van der Waals surface area contributed by atoms with Gasteiger partial charge >= 0.3 is 0 Å². The molecule has 5 nitrogen and oxygen atoms in total. The summed E-state index contributed by atoms with van der Waals surface area (Å²) in [6.45, 7) is -0.0876. The molecule has 16 heavy (non-hydrogen) atoms. The predicted molar refractivity (Wildman–Crippen MR) is 60.8 cm³/mol. The largest absolute Gasteiger partial charge is 0.497 e. The quantitative estimate of drug-likeness (QED) is 0.389. The summed E-state index contributed by atoms with van der Waals surface area (Å²) in [6, 6.07) is 5.03. The number of carbonyl (C=O) groups is 1. The zero-order valence-electron chi connectivity index (χ0n) is 8.93. The van der Waals surface area contributed by atoms with Crippen LogP contribution in [0.4, 0.5) is 0 Å². The van der Waals surface area contributed by atoms with Gasteiger partial charge < -0.3 is 9.84 Å². The Morgan fingerprint density at radius 3 is 2.94 bits per heavy atom. The Kier molecular flexibility index (Phi) is 4.50. The molecule has 86 valence electrons. The minimum absolute atomic E-state index is 0.0876. The second-order valence-corrected chi connectivity index (χ2v) is 3.01. The van der Waals surface area contributed by atoms with E-state index < -0.39 is 5.91 Å². The summed E-state index contributed by atoms with van der Waals surface area (Å²) in [5.74, 6) is 5.24. The molecule has 0 unspecified atom stereocenters. The van der Waals surface area contributed by atoms with Crippen LogP contribution in [0.5, 0.6) is 5.75 Å². The maximum absolute atomic E-state index is 11.5. The van der Waals surface area contributed by atoms with Crippen molar-refractivity contribution in [3.05, 3.63) is 35.4 Å². The van der Waals surface area contributed by atoms with E-state index >= 15 is 0 Å². The normalized spacial score (nSPS) is 10.4. The maximum atomic E-state index is 11.5. The molecule has 0 aliphatic carbocycles. The fraction of sp³-hybridized carbons (Fsp3) is 0.182. The number of aliphatic hydroxyl groups excluding tert-OH is 1. The molecule has 0 aromatic heterocycles. The molecule has 0 fully saturated rings. The topological polar surface area (TPSA) is 84.6 Å². The zero-order valence-corrected chi connectivity index (χ0v) is 8.93. The van der Waals surface area contributed by atoms with E-state index in [1.54, 1.807) is 24.3 Å². The van der Waals surface area contributed by atoms with Crippen LogP contribution in [0, 0.1) is 0 Å². The molecule has 0 aliphatic rings. The Bertz CT molecular complexity index is 402. The fourth-order valence-corrected chi connectivity index (χ4v) is 1.26. The average Bonchev–Trinajstić information content (AvgIpc) is 2.35. The minimum Gasteiger partial charge on any atom is -0.497 e. The molecule has 5 heteroatoms. The summed E-state index contributed by atoms with van der Waals surface area (Å²) in [7, 11) is 1.52. The Labute approximate surface area is 93.5 Å². The molecule has 1 amide bonds. The van der Waals surface area contributed by atoms with Crippen molar-refractivity contribution in [1.82, 2.24) is 5.43 Å². The summed E-state index contributed by atoms with van der Waals surface area (Å²) in [5, 5.41) is 8.68. The SMILES string of the molecule is COc1ccc(C=CCO)c(C(=O)NN)c1. The maximum Gasteiger partial charge on any atom is 0.265 e. The third-order valence-electron chi connectivity index (χ3n) is 2.04. The molecule has 1 aromatic rings. The molecule has 1 aromatic carbocycles. The first-order valence-electron chi connectivity index (χ1n) is 4.69. The number of aliphatic hydroxyl groups is 1. The van der Waals surface area contributed by atoms with Gasteiger partial charge in [-0.1, -0.05) is 18.2 Å². The Morgan fingerprint density at radius 2 is 2.38 bits per heavy atom. The van der Waals surface area contributed by atoms with Gasteiger partial charge in [0.2, 0.25) is 0 Å². The van der Waals surface area contributed by atoms with Gasteiger partial charge in [0.05, 0.1) is 19.3 Å². The number of nitrogens with two attached hydrogens (primary N) is 1. The summed E-state index contributed by atoms with van der Waals surface area (Å²) < 4.78 is 5.01. The molecule has 0 aliphatic heterocycles. The highest BCUT2D eigenvalue weighted by atomic mass is 16.5. The Hall–Kier alpha value is -1.85. The van der Waals surface area contributed by atoms with Gasteiger partial charge in [-0.25, -0.2) is 5.84 Å². The number of nitrogens with one attached hydrogen (secondary N) is 1. The molecule has 0 heterocycles. The van der Waals surface area contributed by atoms with Crippen molar-refractivity contribution in [1.29, 1.82) is 0 Å². The highest BCUT2D eigenvalue weighted by Crippen LogP contribution is 2.18. The fourth-order valence-electron chi connectivity index (χ4n) is 1.26. The van der Waals surface area contributed by atoms with Gasteiger partial charge in [-0.15, -0.1) is 0 Å². The van der Waals surface area contributed by atoms with Gasteiger partial charge in [0.1, 0.15) is 5.75 Å². The van der Waals surface area contributed by atoms with E-state index in [9.17, 15) is 4.79 Å². The van der Waals surface area contributed by atoms with Crippen LogP contribution in [0.1, 0.15) is 15.9 Å². The van der Waals surface area contributed by atoms with E-state index in [0.717, 1.165) is 0 Å². The van der Waals surface area contributed by atoms with Gasteiger partial charge in [-0.2, -0.15) is 0 Å². The van der Waals surface area contributed by atoms with Gasteiger partial charge in [0.15, 0.2) is 0 Å². The molecule has 0 radical (unpaired) electrons. The van der Waals surface area contributed by atoms with Gasteiger partial charge in [0.25, 0.3) is 5.91 Å². The molecule has 1 rings (SSSR count). The Morgan fingerprint density at radius 1 is 1.62 bits per heavy atom. The van der Waals surface area contributed by atoms with E-state index in [0.29, 0.717) is 16.9 Å². The lowest BCUT2D eigenvalue weighted by Gasteiger charge is -2.07. The van der Waals surface area contributed by atoms with Crippen LogP contribution in [0.3, 0.4) is 0 Å². The van der Waals surface area contributed by atoms with Crippen LogP contribution < -0.4 is 16.0 Å². The number of nitrogen functional groups attached to an aromatic ring is 1. The average molecular weight is 222 g/mol. The molecular formula is C11H14N2O3. The van der Waals surface area contributed by atoms with Gasteiger partial charge in [-0.3, -0.25) is 10.2 Å². The lowest BCUT2D eigenvalue weighted by atomic mass is 10.1. The van der Waals surface area contributed by atoms with Crippen LogP contribution in [0.25, 0.3) is 6.08 Å². The van der Waals surface area contributed by atoms with Crippen LogP contribution in [0.2, 0.25) is 0 Å². The summed E-state index contributed by atoms with van der Waals surface area (Å²) >= 11 is 0. The number of amides is 1. The molecule has 0 atom stereocenters. The van der Waals surface area contributed by atoms with E-state index in [4.69, 9.17) is 15.7 Å². The van der Waals surface area contributed by atoms with Crippen molar-refractivity contribution in [3.63, 3.8) is 0 Å². The number of methoxy groups -OCH3 is 1. The van der Waals surface area contributed by atoms with Crippen molar-refractivity contribution in [2.24, 2.45) is 5.84 Å². The highest BCUT2D eigenvalue weighted by molar-refractivity contribution is 5.97. The molecule has 0 saturated carbocycles. The predicted octanol–water partition coefficient (Wildman–Crippen LogP) is 0.304. The van der Waals surface area contributed by atoms with Crippen LogP contribution in [0.15, 0.2) is 24.3 Å². The molecule has 0 saturated heterocycles. The number of hydrogen-bond acceptors (Lipinski definition) is 4. The number of hydrazine groups is 1. The lowest BCUT2D eigenvalue weighted by molar-refractivity contribution is 0.0953. The zero-order chi connectivity index (χ0) is 12.0. The van der Waals surface area contributed by atoms with Crippen molar-refractivity contribution in [2.75, 3.05) is 13.7 Å². The number of rotatable bonds is 4. The van der Waals surface area contributed by atoms with E-state index in [2.05, 4.69) is 5.43 Å². The first-order valence-corrected chi connectivity index (χ1v) is 4.69. The molecular weight excluding hydrogens is 208 g/mol. The van der Waals surface area contributed by atoms with Crippen LogP contribution >= 0.6 is 0 Å². The minimum atomic E-state index is -0.406. The van der Waals surface area contributed by atoms with E-state index in [-0.39, 0.29) is 6.61 Å². The number of ether oxygens (including phenoxy) is 1. The number of hydrogen-bond donors (Lipinski definition) is 3. The van der Waals surface area contributed by atoms with E-state index in [1.165, 1.54) is 13.2 Å².